The number of aliphatic carboxylic acids is 1. The van der Waals surface area contributed by atoms with Crippen LogP contribution in [0.3, 0.4) is 0 Å². The Morgan fingerprint density at radius 3 is 2.89 bits per heavy atom. The number of likely N-dealkylation sites (tertiary alicyclic amines) is 1. The molecule has 2 N–H and O–H groups in total. The van der Waals surface area contributed by atoms with E-state index in [0.29, 0.717) is 31.8 Å². The minimum atomic E-state index is -0.927. The Kier molecular flexibility index (Phi) is 8.46. The van der Waals surface area contributed by atoms with Gasteiger partial charge in [0.2, 0.25) is 0 Å². The van der Waals surface area contributed by atoms with E-state index in [1.54, 1.807) is 6.20 Å². The van der Waals surface area contributed by atoms with Gasteiger partial charge in [0.05, 0.1) is 6.10 Å². The van der Waals surface area contributed by atoms with Crippen molar-refractivity contribution in [3.05, 3.63) is 46.9 Å². The van der Waals surface area contributed by atoms with Crippen LogP contribution in [0.4, 0.5) is 10.2 Å². The number of fused-ring (bicyclic) bond motifs is 1. The highest BCUT2D eigenvalue weighted by atomic mass is 19.1. The maximum atomic E-state index is 15.3. The zero-order valence-electron chi connectivity index (χ0n) is 22.7. The number of alkyl halides is 1. The fourth-order valence-electron chi connectivity index (χ4n) is 6.02. The molecule has 3 aliphatic rings. The lowest BCUT2D eigenvalue weighted by Crippen LogP contribution is -2.34. The number of anilines is 1. The van der Waals surface area contributed by atoms with Crippen molar-refractivity contribution < 1.29 is 19.0 Å². The van der Waals surface area contributed by atoms with Gasteiger partial charge in [0.25, 0.3) is 0 Å². The molecule has 0 amide bonds. The van der Waals surface area contributed by atoms with Crippen molar-refractivity contribution in [3.8, 4) is 5.75 Å². The second-order valence-corrected chi connectivity index (χ2v) is 11.4. The van der Waals surface area contributed by atoms with E-state index in [-0.39, 0.29) is 12.0 Å². The number of carboxylic acid groups (broad SMARTS) is 1. The summed E-state index contributed by atoms with van der Waals surface area (Å²) < 4.78 is 21.4. The molecule has 4 heterocycles. The predicted octanol–water partition coefficient (Wildman–Crippen LogP) is 5.70. The van der Waals surface area contributed by atoms with Crippen LogP contribution in [-0.4, -0.2) is 57.9 Å². The standard InChI is InChI=1S/C30H41FN4O3/c1-19(2)38-26-17-22(34-29-23(26)8-5-15-33-29)7-3-4-10-25(31)21-13-16-35(18-21)28(30(36)37)24-9-6-14-32-27(24)20-11-12-20/h6,9,14,17,19-21,25,28H,3-5,7-8,10-13,15-16,18H2,1-2H3,(H,33,34)(H,36,37)/t21-,25?,28-/m1/s1. The summed E-state index contributed by atoms with van der Waals surface area (Å²) in [5, 5.41) is 13.5. The molecule has 3 atom stereocenters. The van der Waals surface area contributed by atoms with Crippen LogP contribution in [-0.2, 0) is 17.6 Å². The molecule has 2 aliphatic heterocycles. The second-order valence-electron chi connectivity index (χ2n) is 11.4. The molecule has 8 heteroatoms. The van der Waals surface area contributed by atoms with E-state index in [9.17, 15) is 9.90 Å². The normalized spacial score (nSPS) is 21.1. The van der Waals surface area contributed by atoms with E-state index in [1.807, 2.05) is 30.9 Å². The van der Waals surface area contributed by atoms with Gasteiger partial charge < -0.3 is 15.2 Å². The fraction of sp³-hybridized carbons (Fsp3) is 0.633. The van der Waals surface area contributed by atoms with Crippen LogP contribution in [0.15, 0.2) is 24.4 Å². The lowest BCUT2D eigenvalue weighted by atomic mass is 9.97. The topological polar surface area (TPSA) is 87.6 Å². The van der Waals surface area contributed by atoms with Crippen molar-refractivity contribution >= 4 is 11.8 Å². The number of aromatic nitrogens is 2. The number of nitrogens with zero attached hydrogens (tertiary/aromatic N) is 3. The molecule has 0 radical (unpaired) electrons. The highest BCUT2D eigenvalue weighted by Gasteiger charge is 2.39. The van der Waals surface area contributed by atoms with E-state index in [1.165, 1.54) is 5.56 Å². The predicted molar refractivity (Wildman–Crippen MR) is 146 cm³/mol. The zero-order chi connectivity index (χ0) is 26.6. The van der Waals surface area contributed by atoms with Crippen molar-refractivity contribution in [2.45, 2.75) is 95.9 Å². The van der Waals surface area contributed by atoms with Gasteiger partial charge in [-0.15, -0.1) is 0 Å². The highest BCUT2D eigenvalue weighted by molar-refractivity contribution is 5.76. The molecule has 1 saturated heterocycles. The van der Waals surface area contributed by atoms with Gasteiger partial charge in [-0.2, -0.15) is 0 Å². The third-order valence-corrected chi connectivity index (χ3v) is 8.05. The Labute approximate surface area is 225 Å². The molecule has 1 saturated carbocycles. The number of aryl methyl sites for hydroxylation is 1. The van der Waals surface area contributed by atoms with Gasteiger partial charge in [0, 0.05) is 59.7 Å². The molecular formula is C30H41FN4O3. The molecule has 5 rings (SSSR count). The minimum Gasteiger partial charge on any atom is -0.491 e. The van der Waals surface area contributed by atoms with Crippen LogP contribution in [0.1, 0.15) is 93.3 Å². The molecule has 206 valence electrons. The SMILES string of the molecule is CC(C)Oc1cc(CCCCC(F)[C@@H]2CCN([C@@H](C(=O)O)c3cccnc3C3CC3)C2)nc2c1CCCN2. The van der Waals surface area contributed by atoms with Crippen molar-refractivity contribution in [1.82, 2.24) is 14.9 Å². The summed E-state index contributed by atoms with van der Waals surface area (Å²) in [6.07, 6.45) is 8.73. The first-order chi connectivity index (χ1) is 18.4. The minimum absolute atomic E-state index is 0.105. The van der Waals surface area contributed by atoms with Crippen molar-refractivity contribution in [1.29, 1.82) is 0 Å². The molecule has 2 aromatic heterocycles. The molecule has 0 bridgehead atoms. The van der Waals surface area contributed by atoms with Gasteiger partial charge in [-0.25, -0.2) is 9.37 Å². The number of halogens is 1. The highest BCUT2D eigenvalue weighted by Crippen LogP contribution is 2.43. The van der Waals surface area contributed by atoms with Crippen LogP contribution in [0.25, 0.3) is 0 Å². The Hall–Kier alpha value is -2.74. The van der Waals surface area contributed by atoms with Crippen LogP contribution < -0.4 is 10.1 Å². The summed E-state index contributed by atoms with van der Waals surface area (Å²) in [6, 6.07) is 5.02. The van der Waals surface area contributed by atoms with Gasteiger partial charge in [0.1, 0.15) is 23.8 Å². The summed E-state index contributed by atoms with van der Waals surface area (Å²) in [5.74, 6) is 1.23. The third-order valence-electron chi connectivity index (χ3n) is 8.05. The molecule has 0 aromatic carbocycles. The van der Waals surface area contributed by atoms with E-state index >= 15 is 4.39 Å². The van der Waals surface area contributed by atoms with Crippen LogP contribution in [0.5, 0.6) is 5.75 Å². The molecule has 1 aliphatic carbocycles. The van der Waals surface area contributed by atoms with Crippen LogP contribution >= 0.6 is 0 Å². The Morgan fingerprint density at radius 1 is 1.29 bits per heavy atom. The molecule has 2 fully saturated rings. The first kappa shape index (κ1) is 26.9. The lowest BCUT2D eigenvalue weighted by molar-refractivity contribution is -0.143. The van der Waals surface area contributed by atoms with Crippen molar-refractivity contribution in [3.63, 3.8) is 0 Å². The fourth-order valence-corrected chi connectivity index (χ4v) is 6.02. The number of ether oxygens (including phenoxy) is 1. The van der Waals surface area contributed by atoms with E-state index in [0.717, 1.165) is 80.0 Å². The Bertz CT molecular complexity index is 1120. The number of carboxylic acids is 1. The van der Waals surface area contributed by atoms with Gasteiger partial charge in [-0.3, -0.25) is 14.7 Å². The Balaban J connectivity index is 1.14. The molecule has 38 heavy (non-hydrogen) atoms. The summed E-state index contributed by atoms with van der Waals surface area (Å²) in [5.41, 5.74) is 3.85. The summed E-state index contributed by atoms with van der Waals surface area (Å²) in [7, 11) is 0. The number of nitrogens with one attached hydrogen (secondary N) is 1. The number of unbranched alkanes of at least 4 members (excludes halogenated alkanes) is 1. The average molecular weight is 525 g/mol. The number of carbonyl (C=O) groups is 1. The number of rotatable bonds is 12. The van der Waals surface area contributed by atoms with Gasteiger partial charge >= 0.3 is 5.97 Å². The first-order valence-corrected chi connectivity index (χ1v) is 14.4. The number of hydrogen-bond acceptors (Lipinski definition) is 6. The number of hydrogen-bond donors (Lipinski definition) is 2. The quantitative estimate of drug-likeness (QED) is 0.345. The third kappa shape index (κ3) is 6.28. The summed E-state index contributed by atoms with van der Waals surface area (Å²) >= 11 is 0. The molecule has 0 spiro atoms. The molecule has 7 nitrogen and oxygen atoms in total. The average Bonchev–Trinajstić information content (AvgIpc) is 3.63. The van der Waals surface area contributed by atoms with E-state index < -0.39 is 18.2 Å². The van der Waals surface area contributed by atoms with Gasteiger partial charge in [-0.05, 0) is 77.8 Å². The van der Waals surface area contributed by atoms with Gasteiger partial charge in [0.15, 0.2) is 0 Å². The molecule has 2 aromatic rings. The first-order valence-electron chi connectivity index (χ1n) is 14.4. The van der Waals surface area contributed by atoms with Gasteiger partial charge in [-0.1, -0.05) is 12.5 Å². The van der Waals surface area contributed by atoms with E-state index in [4.69, 9.17) is 9.72 Å². The maximum Gasteiger partial charge on any atom is 0.325 e. The zero-order valence-corrected chi connectivity index (χ0v) is 22.7. The molecular weight excluding hydrogens is 483 g/mol. The lowest BCUT2D eigenvalue weighted by Gasteiger charge is -2.26. The maximum absolute atomic E-state index is 15.3. The second kappa shape index (κ2) is 12.0. The largest absolute Gasteiger partial charge is 0.491 e. The monoisotopic (exact) mass is 524 g/mol. The van der Waals surface area contributed by atoms with E-state index in [2.05, 4.69) is 16.4 Å². The van der Waals surface area contributed by atoms with Crippen LogP contribution in [0, 0.1) is 5.92 Å². The van der Waals surface area contributed by atoms with Crippen LogP contribution in [0.2, 0.25) is 0 Å². The number of pyridine rings is 2. The Morgan fingerprint density at radius 2 is 2.13 bits per heavy atom. The van der Waals surface area contributed by atoms with Crippen molar-refractivity contribution in [2.24, 2.45) is 5.92 Å². The summed E-state index contributed by atoms with van der Waals surface area (Å²) in [6.45, 7) is 6.08. The molecule has 1 unspecified atom stereocenters. The van der Waals surface area contributed by atoms with Crippen molar-refractivity contribution in [2.75, 3.05) is 25.0 Å². The summed E-state index contributed by atoms with van der Waals surface area (Å²) in [4.78, 5) is 23.6. The smallest absolute Gasteiger partial charge is 0.325 e.